The predicted octanol–water partition coefficient (Wildman–Crippen LogP) is 3.29. The van der Waals surface area contributed by atoms with Crippen LogP contribution in [-0.4, -0.2) is 30.4 Å². The first kappa shape index (κ1) is 15.3. The Labute approximate surface area is 135 Å². The molecule has 0 bridgehead atoms. The van der Waals surface area contributed by atoms with Crippen LogP contribution in [0.15, 0.2) is 34.3 Å². The SMILES string of the molecule is Cc1ccoc1C(=O)NCC1CCCN(Cc2cccs2)C1. The molecule has 1 fully saturated rings. The Balaban J connectivity index is 1.48. The van der Waals surface area contributed by atoms with Gasteiger partial charge in [-0.25, -0.2) is 0 Å². The summed E-state index contributed by atoms with van der Waals surface area (Å²) in [5.74, 6) is 0.858. The fourth-order valence-electron chi connectivity index (χ4n) is 3.01. The minimum absolute atomic E-state index is 0.0992. The van der Waals surface area contributed by atoms with Gasteiger partial charge in [0.1, 0.15) is 0 Å². The zero-order valence-electron chi connectivity index (χ0n) is 12.9. The lowest BCUT2D eigenvalue weighted by atomic mass is 9.98. The second-order valence-corrected chi connectivity index (χ2v) is 7.00. The summed E-state index contributed by atoms with van der Waals surface area (Å²) >= 11 is 1.81. The molecule has 1 amide bonds. The van der Waals surface area contributed by atoms with Crippen molar-refractivity contribution in [1.29, 1.82) is 0 Å². The van der Waals surface area contributed by atoms with E-state index in [1.165, 1.54) is 17.7 Å². The molecule has 0 saturated carbocycles. The zero-order chi connectivity index (χ0) is 15.4. The summed E-state index contributed by atoms with van der Waals surface area (Å²) in [4.78, 5) is 16.0. The third kappa shape index (κ3) is 3.78. The van der Waals surface area contributed by atoms with Gasteiger partial charge in [0.05, 0.1) is 6.26 Å². The third-order valence-electron chi connectivity index (χ3n) is 4.18. The number of nitrogens with one attached hydrogen (secondary N) is 1. The van der Waals surface area contributed by atoms with Crippen LogP contribution in [0.1, 0.15) is 33.8 Å². The van der Waals surface area contributed by atoms with Gasteiger partial charge < -0.3 is 9.73 Å². The van der Waals surface area contributed by atoms with E-state index in [1.807, 2.05) is 24.3 Å². The Morgan fingerprint density at radius 2 is 2.41 bits per heavy atom. The highest BCUT2D eigenvalue weighted by atomic mass is 32.1. The van der Waals surface area contributed by atoms with Crippen LogP contribution in [0.5, 0.6) is 0 Å². The number of nitrogens with zero attached hydrogens (tertiary/aromatic N) is 1. The average molecular weight is 318 g/mol. The highest BCUT2D eigenvalue weighted by Crippen LogP contribution is 2.20. The van der Waals surface area contributed by atoms with Crippen LogP contribution in [-0.2, 0) is 6.54 Å². The second kappa shape index (κ2) is 7.11. The van der Waals surface area contributed by atoms with E-state index in [0.29, 0.717) is 11.7 Å². The molecule has 0 aromatic carbocycles. The Morgan fingerprint density at radius 1 is 1.50 bits per heavy atom. The fraction of sp³-hybridized carbons (Fsp3) is 0.471. The minimum atomic E-state index is -0.0992. The molecule has 0 radical (unpaired) electrons. The maximum atomic E-state index is 12.1. The number of amides is 1. The number of carbonyl (C=O) groups excluding carboxylic acids is 1. The van der Waals surface area contributed by atoms with E-state index in [1.54, 1.807) is 6.26 Å². The number of piperidine rings is 1. The molecule has 2 aromatic rings. The van der Waals surface area contributed by atoms with Gasteiger partial charge >= 0.3 is 0 Å². The normalized spacial score (nSPS) is 19.2. The fourth-order valence-corrected chi connectivity index (χ4v) is 3.75. The molecule has 3 heterocycles. The first-order valence-electron chi connectivity index (χ1n) is 7.79. The van der Waals surface area contributed by atoms with Gasteiger partial charge in [0, 0.05) is 30.1 Å². The number of furan rings is 1. The number of carbonyl (C=O) groups is 1. The lowest BCUT2D eigenvalue weighted by Gasteiger charge is -2.32. The largest absolute Gasteiger partial charge is 0.459 e. The third-order valence-corrected chi connectivity index (χ3v) is 5.04. The van der Waals surface area contributed by atoms with Gasteiger partial charge in [0.15, 0.2) is 5.76 Å². The molecular weight excluding hydrogens is 296 g/mol. The van der Waals surface area contributed by atoms with Crippen molar-refractivity contribution in [2.24, 2.45) is 5.92 Å². The van der Waals surface area contributed by atoms with Gasteiger partial charge in [-0.1, -0.05) is 6.07 Å². The van der Waals surface area contributed by atoms with E-state index in [9.17, 15) is 4.79 Å². The topological polar surface area (TPSA) is 45.5 Å². The molecule has 1 aliphatic rings. The maximum absolute atomic E-state index is 12.1. The van der Waals surface area contributed by atoms with Crippen LogP contribution in [0.25, 0.3) is 0 Å². The quantitative estimate of drug-likeness (QED) is 0.920. The Hall–Kier alpha value is -1.59. The van der Waals surface area contributed by atoms with E-state index in [2.05, 4.69) is 27.7 Å². The Bertz CT molecular complexity index is 606. The van der Waals surface area contributed by atoms with E-state index in [0.717, 1.165) is 31.7 Å². The monoisotopic (exact) mass is 318 g/mol. The summed E-state index contributed by atoms with van der Waals surface area (Å²) in [5, 5.41) is 5.15. The summed E-state index contributed by atoms with van der Waals surface area (Å²) in [6, 6.07) is 6.11. The van der Waals surface area contributed by atoms with Gasteiger partial charge in [-0.3, -0.25) is 9.69 Å². The number of hydrogen-bond acceptors (Lipinski definition) is 4. The standard InChI is InChI=1S/C17H22N2O2S/c1-13-6-8-21-16(13)17(20)18-10-14-4-2-7-19(11-14)12-15-5-3-9-22-15/h3,5-6,8-9,14H,2,4,7,10-12H2,1H3,(H,18,20). The van der Waals surface area contributed by atoms with Crippen molar-refractivity contribution in [1.82, 2.24) is 10.2 Å². The molecule has 1 unspecified atom stereocenters. The van der Waals surface area contributed by atoms with Crippen LogP contribution in [0.2, 0.25) is 0 Å². The molecule has 1 N–H and O–H groups in total. The van der Waals surface area contributed by atoms with Crippen molar-refractivity contribution in [2.75, 3.05) is 19.6 Å². The Morgan fingerprint density at radius 3 is 3.14 bits per heavy atom. The van der Waals surface area contributed by atoms with Crippen molar-refractivity contribution in [2.45, 2.75) is 26.3 Å². The molecule has 1 saturated heterocycles. The van der Waals surface area contributed by atoms with Gasteiger partial charge in [0.25, 0.3) is 5.91 Å². The number of aryl methyl sites for hydroxylation is 1. The molecule has 22 heavy (non-hydrogen) atoms. The highest BCUT2D eigenvalue weighted by Gasteiger charge is 2.21. The first-order valence-corrected chi connectivity index (χ1v) is 8.67. The van der Waals surface area contributed by atoms with Gasteiger partial charge in [-0.05, 0) is 49.7 Å². The van der Waals surface area contributed by atoms with Crippen molar-refractivity contribution in [3.8, 4) is 0 Å². The van der Waals surface area contributed by atoms with E-state index in [-0.39, 0.29) is 5.91 Å². The van der Waals surface area contributed by atoms with Crippen molar-refractivity contribution >= 4 is 17.2 Å². The summed E-state index contributed by atoms with van der Waals surface area (Å²) in [5.41, 5.74) is 0.889. The van der Waals surface area contributed by atoms with Gasteiger partial charge in [-0.15, -0.1) is 11.3 Å². The second-order valence-electron chi connectivity index (χ2n) is 5.97. The maximum Gasteiger partial charge on any atom is 0.287 e. The molecule has 5 heteroatoms. The summed E-state index contributed by atoms with van der Waals surface area (Å²) in [7, 11) is 0. The lowest BCUT2D eigenvalue weighted by Crippen LogP contribution is -2.40. The van der Waals surface area contributed by atoms with E-state index in [4.69, 9.17) is 4.42 Å². The average Bonchev–Trinajstić information content (AvgIpc) is 3.17. The van der Waals surface area contributed by atoms with E-state index < -0.39 is 0 Å². The summed E-state index contributed by atoms with van der Waals surface area (Å²) in [6.45, 7) is 5.84. The Kier molecular flexibility index (Phi) is 4.95. The van der Waals surface area contributed by atoms with Crippen molar-refractivity contribution < 1.29 is 9.21 Å². The van der Waals surface area contributed by atoms with Gasteiger partial charge in [-0.2, -0.15) is 0 Å². The van der Waals surface area contributed by atoms with Crippen LogP contribution >= 0.6 is 11.3 Å². The zero-order valence-corrected chi connectivity index (χ0v) is 13.7. The van der Waals surface area contributed by atoms with Crippen LogP contribution in [0.4, 0.5) is 0 Å². The molecule has 1 atom stereocenters. The molecule has 3 rings (SSSR count). The van der Waals surface area contributed by atoms with Crippen LogP contribution < -0.4 is 5.32 Å². The molecule has 0 spiro atoms. The molecule has 1 aliphatic heterocycles. The molecule has 118 valence electrons. The number of thiophene rings is 1. The van der Waals surface area contributed by atoms with Crippen molar-refractivity contribution in [3.05, 3.63) is 46.0 Å². The van der Waals surface area contributed by atoms with Crippen molar-refractivity contribution in [3.63, 3.8) is 0 Å². The smallest absolute Gasteiger partial charge is 0.287 e. The van der Waals surface area contributed by atoms with Gasteiger partial charge in [0.2, 0.25) is 0 Å². The lowest BCUT2D eigenvalue weighted by molar-refractivity contribution is 0.0902. The minimum Gasteiger partial charge on any atom is -0.459 e. The predicted molar refractivity (Wildman–Crippen MR) is 88.1 cm³/mol. The summed E-state index contributed by atoms with van der Waals surface area (Å²) < 4.78 is 5.24. The number of likely N-dealkylation sites (tertiary alicyclic amines) is 1. The molecule has 0 aliphatic carbocycles. The van der Waals surface area contributed by atoms with Crippen LogP contribution in [0.3, 0.4) is 0 Å². The molecular formula is C17H22N2O2S. The number of rotatable bonds is 5. The highest BCUT2D eigenvalue weighted by molar-refractivity contribution is 7.09. The summed E-state index contributed by atoms with van der Waals surface area (Å²) in [6.07, 6.45) is 3.94. The van der Waals surface area contributed by atoms with E-state index >= 15 is 0 Å². The number of hydrogen-bond donors (Lipinski definition) is 1. The molecule has 2 aromatic heterocycles. The first-order chi connectivity index (χ1) is 10.7. The van der Waals surface area contributed by atoms with Crippen LogP contribution in [0, 0.1) is 12.8 Å². The molecule has 4 nitrogen and oxygen atoms in total.